The van der Waals surface area contributed by atoms with E-state index in [2.05, 4.69) is 5.32 Å². The summed E-state index contributed by atoms with van der Waals surface area (Å²) in [6.07, 6.45) is 1.52. The van der Waals surface area contributed by atoms with Crippen LogP contribution < -0.4 is 29.2 Å². The standard InChI is InChI=1S/C28H38N2O7/c1-18(2)37-15-7-14-29-28(32)22-12-13-25(31)30(26(22)19-8-10-21(33-3)11-9-19)20-16-23(34-4)27(36-6)24(17-20)35-5/h8-11,16-18,22,26H,7,12-15H2,1-6H3,(H,29,32). The van der Waals surface area contributed by atoms with Gasteiger partial charge in [-0.15, -0.1) is 0 Å². The molecule has 1 saturated heterocycles. The van der Waals surface area contributed by atoms with Gasteiger partial charge < -0.3 is 33.9 Å². The largest absolute Gasteiger partial charge is 0.497 e. The lowest BCUT2D eigenvalue weighted by molar-refractivity contribution is -0.129. The van der Waals surface area contributed by atoms with Crippen molar-refractivity contribution < 1.29 is 33.3 Å². The van der Waals surface area contributed by atoms with Crippen molar-refractivity contribution in [3.8, 4) is 23.0 Å². The Labute approximate surface area is 219 Å². The fourth-order valence-electron chi connectivity index (χ4n) is 4.59. The van der Waals surface area contributed by atoms with Gasteiger partial charge in [-0.25, -0.2) is 0 Å². The molecule has 2 aromatic carbocycles. The molecule has 9 heteroatoms. The first kappa shape index (κ1) is 28.1. The van der Waals surface area contributed by atoms with E-state index in [4.69, 9.17) is 23.7 Å². The van der Waals surface area contributed by atoms with Crippen LogP contribution in [0.3, 0.4) is 0 Å². The summed E-state index contributed by atoms with van der Waals surface area (Å²) < 4.78 is 27.4. The van der Waals surface area contributed by atoms with Crippen molar-refractivity contribution in [3.63, 3.8) is 0 Å². The number of piperidine rings is 1. The highest BCUT2D eigenvalue weighted by Crippen LogP contribution is 2.46. The average Bonchev–Trinajstić information content (AvgIpc) is 2.91. The maximum Gasteiger partial charge on any atom is 0.227 e. The Hall–Kier alpha value is -3.46. The predicted molar refractivity (Wildman–Crippen MR) is 141 cm³/mol. The van der Waals surface area contributed by atoms with Crippen LogP contribution >= 0.6 is 0 Å². The van der Waals surface area contributed by atoms with Crippen LogP contribution in [-0.4, -0.2) is 59.5 Å². The molecule has 202 valence electrons. The van der Waals surface area contributed by atoms with Gasteiger partial charge in [-0.2, -0.15) is 0 Å². The fraction of sp³-hybridized carbons (Fsp3) is 0.500. The van der Waals surface area contributed by atoms with E-state index in [9.17, 15) is 9.59 Å². The number of rotatable bonds is 12. The Balaban J connectivity index is 1.99. The average molecular weight is 515 g/mol. The normalized spacial score (nSPS) is 17.5. The first-order chi connectivity index (χ1) is 17.8. The second-order valence-electron chi connectivity index (χ2n) is 9.07. The summed E-state index contributed by atoms with van der Waals surface area (Å²) in [5, 5.41) is 3.05. The summed E-state index contributed by atoms with van der Waals surface area (Å²) in [6.45, 7) is 5.03. The number of methoxy groups -OCH3 is 4. The topological polar surface area (TPSA) is 95.6 Å². The van der Waals surface area contributed by atoms with Gasteiger partial charge in [-0.05, 0) is 44.4 Å². The summed E-state index contributed by atoms with van der Waals surface area (Å²) in [7, 11) is 6.18. The minimum Gasteiger partial charge on any atom is -0.497 e. The molecule has 9 nitrogen and oxygen atoms in total. The van der Waals surface area contributed by atoms with Crippen molar-refractivity contribution in [1.29, 1.82) is 0 Å². The lowest BCUT2D eigenvalue weighted by Gasteiger charge is -2.41. The highest BCUT2D eigenvalue weighted by Gasteiger charge is 2.42. The number of benzene rings is 2. The third-order valence-corrected chi connectivity index (χ3v) is 6.39. The van der Waals surface area contributed by atoms with Crippen molar-refractivity contribution in [3.05, 3.63) is 42.0 Å². The molecular weight excluding hydrogens is 476 g/mol. The van der Waals surface area contributed by atoms with E-state index in [1.807, 2.05) is 38.1 Å². The molecule has 3 rings (SSSR count). The van der Waals surface area contributed by atoms with Gasteiger partial charge in [0, 0.05) is 31.7 Å². The van der Waals surface area contributed by atoms with Crippen molar-refractivity contribution in [2.45, 2.75) is 45.3 Å². The fourth-order valence-corrected chi connectivity index (χ4v) is 4.59. The molecule has 0 radical (unpaired) electrons. The quantitative estimate of drug-likeness (QED) is 0.426. The molecular formula is C28H38N2O7. The minimum absolute atomic E-state index is 0.0931. The van der Waals surface area contributed by atoms with E-state index in [1.54, 1.807) is 24.1 Å². The highest BCUT2D eigenvalue weighted by atomic mass is 16.5. The van der Waals surface area contributed by atoms with Crippen LogP contribution in [0, 0.1) is 5.92 Å². The zero-order chi connectivity index (χ0) is 26.9. The maximum atomic E-state index is 13.4. The van der Waals surface area contributed by atoms with Crippen LogP contribution in [-0.2, 0) is 14.3 Å². The third-order valence-electron chi connectivity index (χ3n) is 6.39. The Morgan fingerprint density at radius 1 is 1.00 bits per heavy atom. The Morgan fingerprint density at radius 2 is 1.65 bits per heavy atom. The molecule has 1 aliphatic heterocycles. The van der Waals surface area contributed by atoms with Gasteiger partial charge in [0.25, 0.3) is 0 Å². The minimum atomic E-state index is -0.540. The molecule has 2 amide bonds. The molecule has 1 fully saturated rings. The van der Waals surface area contributed by atoms with Gasteiger partial charge in [-0.1, -0.05) is 12.1 Å². The Morgan fingerprint density at radius 3 is 2.19 bits per heavy atom. The number of carbonyl (C=O) groups excluding carboxylic acids is 2. The number of hydrogen-bond acceptors (Lipinski definition) is 7. The molecule has 0 aliphatic carbocycles. The van der Waals surface area contributed by atoms with E-state index < -0.39 is 12.0 Å². The molecule has 1 N–H and O–H groups in total. The smallest absolute Gasteiger partial charge is 0.227 e. The van der Waals surface area contributed by atoms with E-state index in [0.717, 1.165) is 5.56 Å². The highest BCUT2D eigenvalue weighted by molar-refractivity contribution is 5.98. The summed E-state index contributed by atoms with van der Waals surface area (Å²) in [4.78, 5) is 28.5. The molecule has 0 bridgehead atoms. The summed E-state index contributed by atoms with van der Waals surface area (Å²) >= 11 is 0. The summed E-state index contributed by atoms with van der Waals surface area (Å²) in [5.41, 5.74) is 1.38. The second kappa shape index (κ2) is 13.2. The number of anilines is 1. The van der Waals surface area contributed by atoms with Gasteiger partial charge in [0.05, 0.1) is 52.2 Å². The molecule has 37 heavy (non-hydrogen) atoms. The molecule has 2 aromatic rings. The van der Waals surface area contributed by atoms with Crippen LogP contribution in [0.4, 0.5) is 5.69 Å². The van der Waals surface area contributed by atoms with Gasteiger partial charge in [0.1, 0.15) is 5.75 Å². The molecule has 0 aromatic heterocycles. The molecule has 1 heterocycles. The second-order valence-corrected chi connectivity index (χ2v) is 9.07. The van der Waals surface area contributed by atoms with Crippen LogP contribution in [0.1, 0.15) is 44.7 Å². The van der Waals surface area contributed by atoms with E-state index in [0.29, 0.717) is 54.7 Å². The number of ether oxygens (including phenoxy) is 5. The number of nitrogens with one attached hydrogen (secondary N) is 1. The van der Waals surface area contributed by atoms with Crippen molar-refractivity contribution >= 4 is 17.5 Å². The Kier molecular flexibility index (Phi) is 10.0. The van der Waals surface area contributed by atoms with E-state index in [-0.39, 0.29) is 24.3 Å². The van der Waals surface area contributed by atoms with Gasteiger partial charge in [-0.3, -0.25) is 9.59 Å². The van der Waals surface area contributed by atoms with Gasteiger partial charge in [0.2, 0.25) is 17.6 Å². The lowest BCUT2D eigenvalue weighted by atomic mass is 9.83. The zero-order valence-electron chi connectivity index (χ0n) is 22.5. The maximum absolute atomic E-state index is 13.4. The number of carbonyl (C=O) groups is 2. The molecule has 0 saturated carbocycles. The van der Waals surface area contributed by atoms with Crippen molar-refractivity contribution in [2.24, 2.45) is 5.92 Å². The Bertz CT molecular complexity index is 1030. The SMILES string of the molecule is COc1ccc(C2C(C(=O)NCCCOC(C)C)CCC(=O)N2c2cc(OC)c(OC)c(OC)c2)cc1. The first-order valence-corrected chi connectivity index (χ1v) is 12.5. The van der Waals surface area contributed by atoms with Crippen LogP contribution in [0.5, 0.6) is 23.0 Å². The van der Waals surface area contributed by atoms with Crippen LogP contribution in [0.25, 0.3) is 0 Å². The summed E-state index contributed by atoms with van der Waals surface area (Å²) in [6, 6.07) is 10.4. The molecule has 1 aliphatic rings. The number of amides is 2. The van der Waals surface area contributed by atoms with Crippen molar-refractivity contribution in [1.82, 2.24) is 5.32 Å². The van der Waals surface area contributed by atoms with Gasteiger partial charge >= 0.3 is 0 Å². The third kappa shape index (κ3) is 6.65. The monoisotopic (exact) mass is 514 g/mol. The van der Waals surface area contributed by atoms with Crippen LogP contribution in [0.15, 0.2) is 36.4 Å². The molecule has 2 unspecified atom stereocenters. The predicted octanol–water partition coefficient (Wildman–Crippen LogP) is 4.14. The van der Waals surface area contributed by atoms with E-state index >= 15 is 0 Å². The number of nitrogens with zero attached hydrogens (tertiary/aromatic N) is 1. The number of hydrogen-bond donors (Lipinski definition) is 1. The van der Waals surface area contributed by atoms with Crippen LogP contribution in [0.2, 0.25) is 0 Å². The summed E-state index contributed by atoms with van der Waals surface area (Å²) in [5.74, 6) is 1.31. The van der Waals surface area contributed by atoms with Gasteiger partial charge in [0.15, 0.2) is 11.5 Å². The lowest BCUT2D eigenvalue weighted by Crippen LogP contribution is -2.48. The van der Waals surface area contributed by atoms with E-state index in [1.165, 1.54) is 21.3 Å². The molecule has 2 atom stereocenters. The first-order valence-electron chi connectivity index (χ1n) is 12.5. The zero-order valence-corrected chi connectivity index (χ0v) is 22.5. The van der Waals surface area contributed by atoms with Crippen molar-refractivity contribution in [2.75, 3.05) is 46.5 Å². The molecule has 0 spiro atoms.